The van der Waals surface area contributed by atoms with Crippen molar-refractivity contribution in [3.63, 3.8) is 0 Å². The third-order valence-corrected chi connectivity index (χ3v) is 3.05. The van der Waals surface area contributed by atoms with Gasteiger partial charge in [-0.15, -0.1) is 0 Å². The zero-order valence-electron chi connectivity index (χ0n) is 9.40. The maximum atomic E-state index is 13.8. The molecule has 2 aromatic rings. The number of halogens is 2. The van der Waals surface area contributed by atoms with E-state index in [0.29, 0.717) is 22.1 Å². The van der Waals surface area contributed by atoms with Gasteiger partial charge in [0.05, 0.1) is 0 Å². The van der Waals surface area contributed by atoms with E-state index in [2.05, 4.69) is 0 Å². The number of fused-ring (bicyclic) bond motifs is 1. The summed E-state index contributed by atoms with van der Waals surface area (Å²) in [6.07, 6.45) is -0.447. The smallest absolute Gasteiger partial charge is 0.162 e. The molecule has 3 rings (SSSR count). The van der Waals surface area contributed by atoms with E-state index in [-0.39, 0.29) is 12.4 Å². The lowest BCUT2D eigenvalue weighted by Crippen LogP contribution is -2.22. The van der Waals surface area contributed by atoms with Gasteiger partial charge in [0.1, 0.15) is 12.4 Å². The number of ether oxygens (including phenoxy) is 2. The lowest BCUT2D eigenvalue weighted by molar-refractivity contribution is 0.0886. The van der Waals surface area contributed by atoms with E-state index in [0.717, 1.165) is 0 Å². The molecule has 0 bridgehead atoms. The summed E-state index contributed by atoms with van der Waals surface area (Å²) in [5, 5.41) is 0.369. The van der Waals surface area contributed by atoms with Crippen LogP contribution in [-0.2, 0) is 0 Å². The fourth-order valence-electron chi connectivity index (χ4n) is 1.94. The molecule has 4 heteroatoms. The molecule has 18 heavy (non-hydrogen) atoms. The summed E-state index contributed by atoms with van der Waals surface area (Å²) in [5.74, 6) is 0.932. The Kier molecular flexibility index (Phi) is 2.84. The Morgan fingerprint density at radius 2 is 1.89 bits per heavy atom. The molecule has 0 saturated carbocycles. The van der Waals surface area contributed by atoms with Gasteiger partial charge in [-0.3, -0.25) is 0 Å². The first-order valence-corrected chi connectivity index (χ1v) is 5.95. The Balaban J connectivity index is 1.92. The van der Waals surface area contributed by atoms with Crippen molar-refractivity contribution in [3.05, 3.63) is 58.9 Å². The van der Waals surface area contributed by atoms with Crippen molar-refractivity contribution in [3.8, 4) is 11.5 Å². The van der Waals surface area contributed by atoms with E-state index in [4.69, 9.17) is 21.1 Å². The molecule has 0 N–H and O–H groups in total. The van der Waals surface area contributed by atoms with Gasteiger partial charge in [-0.1, -0.05) is 29.8 Å². The average molecular weight is 265 g/mol. The van der Waals surface area contributed by atoms with Crippen LogP contribution in [-0.4, -0.2) is 6.61 Å². The van der Waals surface area contributed by atoms with E-state index in [9.17, 15) is 4.39 Å². The zero-order chi connectivity index (χ0) is 12.5. The third kappa shape index (κ3) is 2.02. The maximum Gasteiger partial charge on any atom is 0.162 e. The molecule has 1 atom stereocenters. The van der Waals surface area contributed by atoms with Gasteiger partial charge in [0.25, 0.3) is 0 Å². The molecule has 1 aliphatic rings. The van der Waals surface area contributed by atoms with Gasteiger partial charge in [0.2, 0.25) is 0 Å². The quantitative estimate of drug-likeness (QED) is 0.775. The molecule has 0 aromatic heterocycles. The molecule has 1 aliphatic heterocycles. The van der Waals surface area contributed by atoms with Crippen molar-refractivity contribution in [2.75, 3.05) is 6.61 Å². The van der Waals surface area contributed by atoms with Gasteiger partial charge >= 0.3 is 0 Å². The van der Waals surface area contributed by atoms with Gasteiger partial charge in [0, 0.05) is 10.6 Å². The van der Waals surface area contributed by atoms with E-state index in [1.807, 2.05) is 18.2 Å². The minimum atomic E-state index is -0.447. The maximum absolute atomic E-state index is 13.8. The first-order valence-electron chi connectivity index (χ1n) is 5.57. The second kappa shape index (κ2) is 4.50. The summed E-state index contributed by atoms with van der Waals surface area (Å²) in [6.45, 7) is 0.287. The summed E-state index contributed by atoms with van der Waals surface area (Å²) in [5.41, 5.74) is 0.453. The van der Waals surface area contributed by atoms with Crippen molar-refractivity contribution in [2.45, 2.75) is 6.10 Å². The molecule has 0 unspecified atom stereocenters. The van der Waals surface area contributed by atoms with E-state index >= 15 is 0 Å². The van der Waals surface area contributed by atoms with Crippen LogP contribution in [0.5, 0.6) is 11.5 Å². The van der Waals surface area contributed by atoms with Crippen LogP contribution in [0.25, 0.3) is 0 Å². The van der Waals surface area contributed by atoms with E-state index in [1.54, 1.807) is 18.2 Å². The number of benzene rings is 2. The van der Waals surface area contributed by atoms with Crippen LogP contribution in [0.4, 0.5) is 4.39 Å². The Morgan fingerprint density at radius 3 is 2.67 bits per heavy atom. The molecule has 0 fully saturated rings. The van der Waals surface area contributed by atoms with Crippen LogP contribution in [0.15, 0.2) is 42.5 Å². The normalized spacial score (nSPS) is 17.6. The highest BCUT2D eigenvalue weighted by Gasteiger charge is 2.24. The van der Waals surface area contributed by atoms with Crippen LogP contribution in [0.3, 0.4) is 0 Å². The second-order valence-electron chi connectivity index (χ2n) is 4.03. The second-order valence-corrected chi connectivity index (χ2v) is 4.47. The Bertz CT molecular complexity index is 586. The predicted octanol–water partition coefficient (Wildman–Crippen LogP) is 3.99. The zero-order valence-corrected chi connectivity index (χ0v) is 10.2. The fourth-order valence-corrected chi connectivity index (χ4v) is 2.09. The van der Waals surface area contributed by atoms with Crippen LogP contribution in [0, 0.1) is 5.82 Å². The molecule has 0 saturated heterocycles. The number of para-hydroxylation sites is 2. The number of hydrogen-bond donors (Lipinski definition) is 0. The first kappa shape index (κ1) is 11.4. The highest BCUT2D eigenvalue weighted by Crippen LogP contribution is 2.36. The molecule has 1 heterocycles. The summed E-state index contributed by atoms with van der Waals surface area (Å²) in [6, 6.07) is 11.9. The Hall–Kier alpha value is -1.74. The van der Waals surface area contributed by atoms with Gasteiger partial charge in [0.15, 0.2) is 17.6 Å². The summed E-state index contributed by atoms with van der Waals surface area (Å²) in [7, 11) is 0. The molecular formula is C14H10ClFO2. The molecule has 0 spiro atoms. The summed E-state index contributed by atoms with van der Waals surface area (Å²) in [4.78, 5) is 0. The van der Waals surface area contributed by atoms with Crippen molar-refractivity contribution in [2.24, 2.45) is 0 Å². The average Bonchev–Trinajstić information content (AvgIpc) is 2.38. The first-order chi connectivity index (χ1) is 8.74. The monoisotopic (exact) mass is 264 g/mol. The Morgan fingerprint density at radius 1 is 1.11 bits per heavy atom. The molecule has 0 amide bonds. The highest BCUT2D eigenvalue weighted by atomic mass is 35.5. The lowest BCUT2D eigenvalue weighted by Gasteiger charge is -2.26. The predicted molar refractivity (Wildman–Crippen MR) is 66.7 cm³/mol. The summed E-state index contributed by atoms with van der Waals surface area (Å²) >= 11 is 5.72. The van der Waals surface area contributed by atoms with Crippen LogP contribution in [0.1, 0.15) is 11.7 Å². The molecular weight excluding hydrogens is 255 g/mol. The highest BCUT2D eigenvalue weighted by molar-refractivity contribution is 6.30. The topological polar surface area (TPSA) is 18.5 Å². The number of rotatable bonds is 1. The lowest BCUT2D eigenvalue weighted by atomic mass is 10.1. The van der Waals surface area contributed by atoms with Gasteiger partial charge in [-0.2, -0.15) is 0 Å². The van der Waals surface area contributed by atoms with Gasteiger partial charge < -0.3 is 9.47 Å². The molecule has 0 aliphatic carbocycles. The molecule has 2 nitrogen and oxygen atoms in total. The SMILES string of the molecule is Fc1cc(Cl)ccc1[C@@H]1COc2ccccc2O1. The van der Waals surface area contributed by atoms with Crippen molar-refractivity contribution in [1.82, 2.24) is 0 Å². The third-order valence-electron chi connectivity index (χ3n) is 2.82. The van der Waals surface area contributed by atoms with Gasteiger partial charge in [-0.05, 0) is 24.3 Å². The fraction of sp³-hybridized carbons (Fsp3) is 0.143. The van der Waals surface area contributed by atoms with E-state index < -0.39 is 6.10 Å². The van der Waals surface area contributed by atoms with Crippen LogP contribution in [0.2, 0.25) is 5.02 Å². The molecule has 2 aromatic carbocycles. The van der Waals surface area contributed by atoms with Crippen molar-refractivity contribution in [1.29, 1.82) is 0 Å². The summed E-state index contributed by atoms with van der Waals surface area (Å²) < 4.78 is 25.1. The van der Waals surface area contributed by atoms with Crippen molar-refractivity contribution >= 4 is 11.6 Å². The van der Waals surface area contributed by atoms with Crippen molar-refractivity contribution < 1.29 is 13.9 Å². The van der Waals surface area contributed by atoms with Gasteiger partial charge in [-0.25, -0.2) is 4.39 Å². The minimum Gasteiger partial charge on any atom is -0.485 e. The van der Waals surface area contributed by atoms with Crippen LogP contribution >= 0.6 is 11.6 Å². The van der Waals surface area contributed by atoms with Crippen LogP contribution < -0.4 is 9.47 Å². The minimum absolute atomic E-state index is 0.287. The molecule has 92 valence electrons. The molecule has 0 radical (unpaired) electrons. The number of hydrogen-bond acceptors (Lipinski definition) is 2. The Labute approximate surface area is 109 Å². The van der Waals surface area contributed by atoms with E-state index in [1.165, 1.54) is 6.07 Å². The largest absolute Gasteiger partial charge is 0.485 e. The standard InChI is InChI=1S/C14H10ClFO2/c15-9-5-6-10(11(16)7-9)14-8-17-12-3-1-2-4-13(12)18-14/h1-7,14H,8H2/t14-/m0/s1.